The second-order valence-corrected chi connectivity index (χ2v) is 8.39. The van der Waals surface area contributed by atoms with Gasteiger partial charge < -0.3 is 10.0 Å². The molecule has 1 N–H and O–H groups in total. The summed E-state index contributed by atoms with van der Waals surface area (Å²) in [5.41, 5.74) is 0.357. The Morgan fingerprint density at radius 3 is 2.41 bits per heavy atom. The third-order valence-corrected chi connectivity index (χ3v) is 6.37. The molecule has 5 rings (SSSR count). The fraction of sp³-hybridized carbons (Fsp3) is 0.111. The van der Waals surface area contributed by atoms with Crippen LogP contribution in [0.2, 0.25) is 5.02 Å². The van der Waals surface area contributed by atoms with Crippen LogP contribution < -0.4 is 4.90 Å². The summed E-state index contributed by atoms with van der Waals surface area (Å²) >= 11 is 6.18. The number of Topliss-reactive ketones (excluding diaryl/α,β-unsaturated/α-hetero) is 1. The predicted octanol–water partition coefficient (Wildman–Crippen LogP) is 5.50. The number of anilines is 1. The number of carbonyl (C=O) groups excluding carboxylic acids is 2. The van der Waals surface area contributed by atoms with Gasteiger partial charge in [-0.3, -0.25) is 9.59 Å². The highest BCUT2D eigenvalue weighted by Gasteiger charge is 2.50. The van der Waals surface area contributed by atoms with E-state index in [1.54, 1.807) is 47.4 Å². The number of hydrogen-bond acceptors (Lipinski definition) is 3. The minimum Gasteiger partial charge on any atom is -0.375 e. The molecule has 4 aromatic rings. The van der Waals surface area contributed by atoms with E-state index in [2.05, 4.69) is 0 Å². The van der Waals surface area contributed by atoms with E-state index in [1.165, 1.54) is 0 Å². The number of nitrogens with zero attached hydrogens (tertiary/aromatic N) is 1. The van der Waals surface area contributed by atoms with Crippen LogP contribution >= 0.6 is 11.6 Å². The normalized spacial score (nSPS) is 17.6. The highest BCUT2D eigenvalue weighted by molar-refractivity contribution is 6.34. The van der Waals surface area contributed by atoms with Gasteiger partial charge in [0.25, 0.3) is 5.91 Å². The van der Waals surface area contributed by atoms with E-state index in [9.17, 15) is 14.7 Å². The Morgan fingerprint density at radius 1 is 0.875 bits per heavy atom. The zero-order valence-electron chi connectivity index (χ0n) is 17.2. The number of aliphatic hydroxyl groups is 1. The summed E-state index contributed by atoms with van der Waals surface area (Å²) in [5, 5.41) is 14.0. The van der Waals surface area contributed by atoms with Crippen molar-refractivity contribution in [1.29, 1.82) is 0 Å². The Morgan fingerprint density at radius 2 is 1.56 bits per heavy atom. The summed E-state index contributed by atoms with van der Waals surface area (Å²) in [4.78, 5) is 28.1. The number of rotatable bonds is 5. The van der Waals surface area contributed by atoms with Crippen LogP contribution in [-0.4, -0.2) is 16.8 Å². The van der Waals surface area contributed by atoms with Gasteiger partial charge in [-0.25, -0.2) is 0 Å². The Balaban J connectivity index is 1.53. The first kappa shape index (κ1) is 20.4. The number of ketones is 1. The Bertz CT molecular complexity index is 1360. The number of para-hydroxylation sites is 1. The summed E-state index contributed by atoms with van der Waals surface area (Å²) < 4.78 is 0. The lowest BCUT2D eigenvalue weighted by molar-refractivity contribution is -0.136. The molecule has 0 unspecified atom stereocenters. The van der Waals surface area contributed by atoms with Crippen LogP contribution in [0.5, 0.6) is 0 Å². The van der Waals surface area contributed by atoms with Crippen LogP contribution in [0, 0.1) is 0 Å². The van der Waals surface area contributed by atoms with Gasteiger partial charge in [-0.05, 0) is 34.5 Å². The molecule has 1 aliphatic rings. The topological polar surface area (TPSA) is 57.6 Å². The molecule has 1 aliphatic heterocycles. The van der Waals surface area contributed by atoms with Crippen LogP contribution in [0.3, 0.4) is 0 Å². The smallest absolute Gasteiger partial charge is 0.264 e. The van der Waals surface area contributed by atoms with Gasteiger partial charge in [-0.2, -0.15) is 0 Å². The van der Waals surface area contributed by atoms with E-state index in [0.29, 0.717) is 28.4 Å². The molecule has 0 spiro atoms. The van der Waals surface area contributed by atoms with Crippen LogP contribution in [0.4, 0.5) is 5.69 Å². The Kier molecular flexibility index (Phi) is 5.04. The largest absolute Gasteiger partial charge is 0.375 e. The second kappa shape index (κ2) is 7.90. The molecule has 4 nitrogen and oxygen atoms in total. The molecule has 0 aromatic heterocycles. The maximum Gasteiger partial charge on any atom is 0.264 e. The monoisotopic (exact) mass is 441 g/mol. The van der Waals surface area contributed by atoms with E-state index >= 15 is 0 Å². The van der Waals surface area contributed by atoms with Crippen molar-refractivity contribution in [2.45, 2.75) is 18.6 Å². The Hall–Kier alpha value is -3.47. The summed E-state index contributed by atoms with van der Waals surface area (Å²) in [7, 11) is 0. The average Bonchev–Trinajstić information content (AvgIpc) is 3.01. The zero-order valence-corrected chi connectivity index (χ0v) is 17.9. The summed E-state index contributed by atoms with van der Waals surface area (Å²) in [6.07, 6.45) is -0.376. The fourth-order valence-electron chi connectivity index (χ4n) is 4.45. The molecule has 5 heteroatoms. The standard InChI is InChI=1S/C27H20ClNO3/c28-23-14-5-3-12-21(23)25(30)16-27(32)22-13-4-6-15-24(22)29(26(27)31)17-19-10-7-9-18-8-1-2-11-20(18)19/h1-15,32H,16-17H2/t27-/m1/s1. The predicted molar refractivity (Wildman–Crippen MR) is 126 cm³/mol. The molecule has 0 bridgehead atoms. The second-order valence-electron chi connectivity index (χ2n) is 7.99. The first-order chi connectivity index (χ1) is 15.5. The van der Waals surface area contributed by atoms with E-state index in [0.717, 1.165) is 16.3 Å². The fourth-order valence-corrected chi connectivity index (χ4v) is 4.69. The van der Waals surface area contributed by atoms with Crippen molar-refractivity contribution in [3.8, 4) is 0 Å². The van der Waals surface area contributed by atoms with Crippen LogP contribution in [-0.2, 0) is 16.9 Å². The molecule has 1 heterocycles. The lowest BCUT2D eigenvalue weighted by atomic mass is 9.88. The van der Waals surface area contributed by atoms with E-state index < -0.39 is 11.5 Å². The maximum atomic E-state index is 13.6. The third kappa shape index (κ3) is 3.29. The number of carbonyl (C=O) groups is 2. The first-order valence-electron chi connectivity index (χ1n) is 10.4. The van der Waals surface area contributed by atoms with Crippen LogP contribution in [0.1, 0.15) is 27.9 Å². The van der Waals surface area contributed by atoms with Gasteiger partial charge in [-0.1, -0.05) is 84.4 Å². The lowest BCUT2D eigenvalue weighted by Crippen LogP contribution is -2.41. The molecular formula is C27H20ClNO3. The Labute approximate surface area is 190 Å². The van der Waals surface area contributed by atoms with E-state index in [1.807, 2.05) is 48.5 Å². The van der Waals surface area contributed by atoms with Crippen molar-refractivity contribution < 1.29 is 14.7 Å². The van der Waals surface area contributed by atoms with Gasteiger partial charge in [0.2, 0.25) is 0 Å². The number of halogens is 1. The van der Waals surface area contributed by atoms with Crippen LogP contribution in [0.15, 0.2) is 91.0 Å². The minimum atomic E-state index is -1.95. The molecule has 1 atom stereocenters. The SMILES string of the molecule is O=C(C[C@]1(O)C(=O)N(Cc2cccc3ccccc23)c2ccccc21)c1ccccc1Cl. The van der Waals surface area contributed by atoms with Crippen molar-refractivity contribution >= 4 is 39.8 Å². The molecule has 0 fully saturated rings. The zero-order chi connectivity index (χ0) is 22.3. The van der Waals surface area contributed by atoms with Gasteiger partial charge in [0, 0.05) is 11.1 Å². The summed E-state index contributed by atoms with van der Waals surface area (Å²) in [6.45, 7) is 0.291. The minimum absolute atomic E-state index is 0.291. The summed E-state index contributed by atoms with van der Waals surface area (Å²) in [5.74, 6) is -0.889. The van der Waals surface area contributed by atoms with Gasteiger partial charge in [-0.15, -0.1) is 0 Å². The molecule has 1 amide bonds. The molecule has 0 saturated heterocycles. The molecule has 158 valence electrons. The van der Waals surface area contributed by atoms with Gasteiger partial charge in [0.1, 0.15) is 0 Å². The highest BCUT2D eigenvalue weighted by Crippen LogP contribution is 2.44. The van der Waals surface area contributed by atoms with Crippen molar-refractivity contribution in [3.05, 3.63) is 113 Å². The van der Waals surface area contributed by atoms with E-state index in [4.69, 9.17) is 11.6 Å². The number of hydrogen-bond donors (Lipinski definition) is 1. The van der Waals surface area contributed by atoms with Crippen molar-refractivity contribution in [1.82, 2.24) is 0 Å². The lowest BCUT2D eigenvalue weighted by Gasteiger charge is -2.23. The molecule has 0 saturated carbocycles. The molecule has 0 aliphatic carbocycles. The van der Waals surface area contributed by atoms with Gasteiger partial charge in [0.15, 0.2) is 11.4 Å². The maximum absolute atomic E-state index is 13.6. The highest BCUT2D eigenvalue weighted by atomic mass is 35.5. The van der Waals surface area contributed by atoms with Crippen LogP contribution in [0.25, 0.3) is 10.8 Å². The molecule has 0 radical (unpaired) electrons. The molecular weight excluding hydrogens is 422 g/mol. The van der Waals surface area contributed by atoms with E-state index in [-0.39, 0.29) is 12.2 Å². The van der Waals surface area contributed by atoms with Gasteiger partial charge in [0.05, 0.1) is 23.7 Å². The van der Waals surface area contributed by atoms with Crippen molar-refractivity contribution in [2.75, 3.05) is 4.90 Å². The van der Waals surface area contributed by atoms with Crippen molar-refractivity contribution in [2.24, 2.45) is 0 Å². The molecule has 32 heavy (non-hydrogen) atoms. The summed E-state index contributed by atoms with van der Waals surface area (Å²) in [6, 6.07) is 27.7. The quantitative estimate of drug-likeness (QED) is 0.416. The third-order valence-electron chi connectivity index (χ3n) is 6.04. The number of benzene rings is 4. The van der Waals surface area contributed by atoms with Crippen molar-refractivity contribution in [3.63, 3.8) is 0 Å². The van der Waals surface area contributed by atoms with Gasteiger partial charge >= 0.3 is 0 Å². The first-order valence-corrected chi connectivity index (χ1v) is 10.7. The number of fused-ring (bicyclic) bond motifs is 2. The average molecular weight is 442 g/mol. The molecule has 4 aromatic carbocycles. The number of amides is 1.